The Kier molecular flexibility index (Phi) is 3.50. The first-order chi connectivity index (χ1) is 10.2. The zero-order valence-corrected chi connectivity index (χ0v) is 11.4. The maximum atomic E-state index is 13.1. The SMILES string of the molecule is COCc1nc2ccccc2c(=O)n1-c1ccc(F)cc1. The minimum atomic E-state index is -0.353. The largest absolute Gasteiger partial charge is 0.377 e. The van der Waals surface area contributed by atoms with Crippen molar-refractivity contribution in [3.8, 4) is 5.69 Å². The molecule has 5 heteroatoms. The zero-order valence-electron chi connectivity index (χ0n) is 11.4. The number of halogens is 1. The number of aromatic nitrogens is 2. The van der Waals surface area contributed by atoms with E-state index in [1.165, 1.54) is 23.8 Å². The van der Waals surface area contributed by atoms with Crippen LogP contribution in [0.25, 0.3) is 16.6 Å². The first-order valence-electron chi connectivity index (χ1n) is 6.46. The first kappa shape index (κ1) is 13.5. The van der Waals surface area contributed by atoms with E-state index in [-0.39, 0.29) is 18.0 Å². The van der Waals surface area contributed by atoms with Gasteiger partial charge in [0.15, 0.2) is 0 Å². The van der Waals surface area contributed by atoms with Crippen LogP contribution in [-0.4, -0.2) is 16.7 Å². The number of benzene rings is 2. The topological polar surface area (TPSA) is 44.1 Å². The van der Waals surface area contributed by atoms with E-state index in [0.717, 1.165) is 0 Å². The van der Waals surface area contributed by atoms with E-state index in [4.69, 9.17) is 4.74 Å². The van der Waals surface area contributed by atoms with Crippen LogP contribution in [0.4, 0.5) is 4.39 Å². The Hall–Kier alpha value is -2.53. The Labute approximate surface area is 120 Å². The van der Waals surface area contributed by atoms with Crippen molar-refractivity contribution in [1.29, 1.82) is 0 Å². The van der Waals surface area contributed by atoms with Gasteiger partial charge in [-0.05, 0) is 36.4 Å². The van der Waals surface area contributed by atoms with Crippen molar-refractivity contribution in [3.05, 3.63) is 70.5 Å². The van der Waals surface area contributed by atoms with Crippen LogP contribution in [0.3, 0.4) is 0 Å². The fourth-order valence-electron chi connectivity index (χ4n) is 2.26. The van der Waals surface area contributed by atoms with Crippen molar-refractivity contribution >= 4 is 10.9 Å². The van der Waals surface area contributed by atoms with Crippen LogP contribution in [-0.2, 0) is 11.3 Å². The predicted molar refractivity (Wildman–Crippen MR) is 78.0 cm³/mol. The standard InChI is InChI=1S/C16H13FN2O2/c1-21-10-15-18-14-5-3-2-4-13(14)16(20)19(15)12-8-6-11(17)7-9-12/h2-9H,10H2,1H3. The number of para-hydroxylation sites is 1. The van der Waals surface area contributed by atoms with E-state index in [1.54, 1.807) is 30.3 Å². The monoisotopic (exact) mass is 284 g/mol. The molecule has 0 aliphatic rings. The average molecular weight is 284 g/mol. The summed E-state index contributed by atoms with van der Waals surface area (Å²) in [6, 6.07) is 12.8. The van der Waals surface area contributed by atoms with Gasteiger partial charge in [-0.15, -0.1) is 0 Å². The molecule has 0 bridgehead atoms. The summed E-state index contributed by atoms with van der Waals surface area (Å²) in [6.07, 6.45) is 0. The summed E-state index contributed by atoms with van der Waals surface area (Å²) in [4.78, 5) is 17.2. The molecule has 0 atom stereocenters. The van der Waals surface area contributed by atoms with Crippen LogP contribution in [0.1, 0.15) is 5.82 Å². The molecule has 0 aliphatic carbocycles. The Balaban J connectivity index is 2.33. The Bertz CT molecular complexity index is 841. The number of fused-ring (bicyclic) bond motifs is 1. The van der Waals surface area contributed by atoms with E-state index >= 15 is 0 Å². The molecule has 3 rings (SSSR count). The Morgan fingerprint density at radius 2 is 1.86 bits per heavy atom. The lowest BCUT2D eigenvalue weighted by Gasteiger charge is -2.13. The van der Waals surface area contributed by atoms with Crippen LogP contribution in [0.5, 0.6) is 0 Å². The molecule has 106 valence electrons. The van der Waals surface area contributed by atoms with E-state index in [0.29, 0.717) is 22.4 Å². The molecule has 3 aromatic rings. The molecule has 0 aliphatic heterocycles. The van der Waals surface area contributed by atoms with Crippen molar-refractivity contribution in [3.63, 3.8) is 0 Å². The molecular weight excluding hydrogens is 271 g/mol. The van der Waals surface area contributed by atoms with Crippen molar-refractivity contribution in [2.45, 2.75) is 6.61 Å². The number of nitrogens with zero attached hydrogens (tertiary/aromatic N) is 2. The first-order valence-corrected chi connectivity index (χ1v) is 6.46. The second-order valence-corrected chi connectivity index (χ2v) is 4.60. The van der Waals surface area contributed by atoms with Crippen LogP contribution >= 0.6 is 0 Å². The summed E-state index contributed by atoms with van der Waals surface area (Å²) in [7, 11) is 1.54. The molecule has 0 N–H and O–H groups in total. The third kappa shape index (κ3) is 2.43. The second kappa shape index (κ2) is 5.46. The summed E-state index contributed by atoms with van der Waals surface area (Å²) in [5.74, 6) is 0.127. The Morgan fingerprint density at radius 3 is 2.57 bits per heavy atom. The van der Waals surface area contributed by atoms with Gasteiger partial charge in [0.25, 0.3) is 5.56 Å². The molecule has 2 aromatic carbocycles. The van der Waals surface area contributed by atoms with Gasteiger partial charge in [0.1, 0.15) is 18.2 Å². The van der Waals surface area contributed by atoms with Crippen molar-refractivity contribution in [2.75, 3.05) is 7.11 Å². The van der Waals surface area contributed by atoms with Crippen LogP contribution < -0.4 is 5.56 Å². The normalized spacial score (nSPS) is 11.0. The smallest absolute Gasteiger partial charge is 0.266 e. The van der Waals surface area contributed by atoms with E-state index in [2.05, 4.69) is 4.98 Å². The fourth-order valence-corrected chi connectivity index (χ4v) is 2.26. The van der Waals surface area contributed by atoms with Crippen molar-refractivity contribution < 1.29 is 9.13 Å². The summed E-state index contributed by atoms with van der Waals surface area (Å²) < 4.78 is 19.6. The van der Waals surface area contributed by atoms with E-state index < -0.39 is 0 Å². The summed E-state index contributed by atoms with van der Waals surface area (Å²) >= 11 is 0. The van der Waals surface area contributed by atoms with E-state index in [9.17, 15) is 9.18 Å². The minimum absolute atomic E-state index is 0.192. The predicted octanol–water partition coefficient (Wildman–Crippen LogP) is 2.67. The molecule has 1 heterocycles. The lowest BCUT2D eigenvalue weighted by Crippen LogP contribution is -2.24. The van der Waals surface area contributed by atoms with Gasteiger partial charge in [-0.2, -0.15) is 0 Å². The molecule has 21 heavy (non-hydrogen) atoms. The molecule has 0 saturated carbocycles. The number of hydrogen-bond donors (Lipinski definition) is 0. The van der Waals surface area contributed by atoms with Gasteiger partial charge < -0.3 is 4.74 Å². The highest BCUT2D eigenvalue weighted by Gasteiger charge is 2.12. The van der Waals surface area contributed by atoms with Gasteiger partial charge >= 0.3 is 0 Å². The van der Waals surface area contributed by atoms with Crippen LogP contribution in [0.2, 0.25) is 0 Å². The number of methoxy groups -OCH3 is 1. The van der Waals surface area contributed by atoms with Gasteiger partial charge in [-0.3, -0.25) is 9.36 Å². The summed E-state index contributed by atoms with van der Waals surface area (Å²) in [6.45, 7) is 0.192. The van der Waals surface area contributed by atoms with Crippen LogP contribution in [0.15, 0.2) is 53.3 Å². The maximum Gasteiger partial charge on any atom is 0.266 e. The van der Waals surface area contributed by atoms with Gasteiger partial charge in [-0.25, -0.2) is 9.37 Å². The molecule has 4 nitrogen and oxygen atoms in total. The number of hydrogen-bond acceptors (Lipinski definition) is 3. The molecule has 0 unspecified atom stereocenters. The average Bonchev–Trinajstić information content (AvgIpc) is 2.49. The quantitative estimate of drug-likeness (QED) is 0.742. The molecular formula is C16H13FN2O2. The Morgan fingerprint density at radius 1 is 1.14 bits per heavy atom. The molecule has 0 amide bonds. The zero-order chi connectivity index (χ0) is 14.8. The molecule has 0 radical (unpaired) electrons. The molecule has 1 aromatic heterocycles. The summed E-state index contributed by atoms with van der Waals surface area (Å²) in [5.41, 5.74) is 0.985. The maximum absolute atomic E-state index is 13.1. The van der Waals surface area contributed by atoms with Gasteiger partial charge in [-0.1, -0.05) is 12.1 Å². The third-order valence-corrected chi connectivity index (χ3v) is 3.20. The van der Waals surface area contributed by atoms with Crippen molar-refractivity contribution in [2.24, 2.45) is 0 Å². The third-order valence-electron chi connectivity index (χ3n) is 3.20. The highest BCUT2D eigenvalue weighted by atomic mass is 19.1. The van der Waals surface area contributed by atoms with Gasteiger partial charge in [0, 0.05) is 7.11 Å². The van der Waals surface area contributed by atoms with E-state index in [1.807, 2.05) is 6.07 Å². The molecule has 0 spiro atoms. The lowest BCUT2D eigenvalue weighted by molar-refractivity contribution is 0.175. The van der Waals surface area contributed by atoms with Crippen molar-refractivity contribution in [1.82, 2.24) is 9.55 Å². The molecule has 0 saturated heterocycles. The molecule has 0 fully saturated rings. The fraction of sp³-hybridized carbons (Fsp3) is 0.125. The highest BCUT2D eigenvalue weighted by molar-refractivity contribution is 5.77. The van der Waals surface area contributed by atoms with Crippen LogP contribution in [0, 0.1) is 5.82 Å². The highest BCUT2D eigenvalue weighted by Crippen LogP contribution is 2.14. The number of rotatable bonds is 3. The number of ether oxygens (including phenoxy) is 1. The summed E-state index contributed by atoms with van der Waals surface area (Å²) in [5, 5.41) is 0.515. The minimum Gasteiger partial charge on any atom is -0.377 e. The second-order valence-electron chi connectivity index (χ2n) is 4.60. The lowest BCUT2D eigenvalue weighted by atomic mass is 10.2. The van der Waals surface area contributed by atoms with Gasteiger partial charge in [0.05, 0.1) is 16.6 Å². The van der Waals surface area contributed by atoms with Gasteiger partial charge in [0.2, 0.25) is 0 Å².